The molecule has 0 aliphatic carbocycles. The minimum Gasteiger partial charge on any atom is -0.444 e. The molecular formula is C45H59N11O6. The monoisotopic (exact) mass is 849 g/mol. The molecule has 17 heteroatoms. The zero-order valence-electron chi connectivity index (χ0n) is 36.2. The molecule has 17 nitrogen and oxygen atoms in total. The number of aromatic amines is 1. The number of hydrogen-bond donors (Lipinski definition) is 4. The number of piperazine rings is 1. The Morgan fingerprint density at radius 2 is 1.69 bits per heavy atom. The van der Waals surface area contributed by atoms with E-state index in [0.29, 0.717) is 90.4 Å². The highest BCUT2D eigenvalue weighted by Crippen LogP contribution is 2.42. The summed E-state index contributed by atoms with van der Waals surface area (Å²) in [5.41, 5.74) is 3.53. The fourth-order valence-electron chi connectivity index (χ4n) is 9.35. The average molecular weight is 850 g/mol. The molecular weight excluding hydrogens is 791 g/mol. The molecule has 4 aliphatic heterocycles. The third kappa shape index (κ3) is 9.88. The van der Waals surface area contributed by atoms with Gasteiger partial charge in [0, 0.05) is 113 Å². The van der Waals surface area contributed by atoms with Crippen molar-refractivity contribution in [1.29, 1.82) is 0 Å². The van der Waals surface area contributed by atoms with Gasteiger partial charge in [-0.2, -0.15) is 5.10 Å². The van der Waals surface area contributed by atoms with E-state index >= 15 is 0 Å². The molecule has 62 heavy (non-hydrogen) atoms. The van der Waals surface area contributed by atoms with Gasteiger partial charge < -0.3 is 39.7 Å². The van der Waals surface area contributed by atoms with Crippen molar-refractivity contribution in [3.8, 4) is 0 Å². The second-order valence-corrected chi connectivity index (χ2v) is 18.1. The molecule has 330 valence electrons. The van der Waals surface area contributed by atoms with Crippen LogP contribution in [0.25, 0.3) is 10.9 Å². The van der Waals surface area contributed by atoms with Crippen molar-refractivity contribution in [2.45, 2.75) is 89.5 Å². The van der Waals surface area contributed by atoms with E-state index in [1.165, 1.54) is 0 Å². The second-order valence-electron chi connectivity index (χ2n) is 18.1. The molecule has 4 aliphatic rings. The maximum Gasteiger partial charge on any atom is 0.413 e. The number of amides is 5. The zero-order chi connectivity index (χ0) is 43.4. The van der Waals surface area contributed by atoms with Crippen LogP contribution in [-0.4, -0.2) is 136 Å². The van der Waals surface area contributed by atoms with Crippen molar-refractivity contribution >= 4 is 46.5 Å². The van der Waals surface area contributed by atoms with Gasteiger partial charge in [-0.15, -0.1) is 0 Å². The number of aromatic nitrogens is 4. The third-order valence-corrected chi connectivity index (χ3v) is 12.6. The summed E-state index contributed by atoms with van der Waals surface area (Å²) in [6.45, 7) is 12.5. The number of carbonyl (C=O) groups excluding carboxylic acids is 4. The van der Waals surface area contributed by atoms with Crippen LogP contribution in [-0.2, 0) is 26.3 Å². The van der Waals surface area contributed by atoms with Crippen LogP contribution < -0.4 is 20.9 Å². The number of piperidine rings is 2. The summed E-state index contributed by atoms with van der Waals surface area (Å²) in [6, 6.07) is 10.8. The summed E-state index contributed by atoms with van der Waals surface area (Å²) in [4.78, 5) is 70.5. The number of H-pyrrole nitrogens is 1. The molecule has 4 aromatic rings. The van der Waals surface area contributed by atoms with Crippen LogP contribution in [0.4, 0.5) is 25.9 Å². The van der Waals surface area contributed by atoms with E-state index in [1.54, 1.807) is 34.6 Å². The van der Waals surface area contributed by atoms with Gasteiger partial charge in [-0.1, -0.05) is 6.07 Å². The zero-order valence-corrected chi connectivity index (χ0v) is 36.2. The Morgan fingerprint density at radius 3 is 2.42 bits per heavy atom. The SMILES string of the molecule is Cc1cc(C[C@H](CN[C@@H](CC2CCN(C(=O)OC(C)(C)C)CC2)C(=O)N2CCN(c3ccncc3)CC2)NC(=O)N2CCC3(CC2)OC(=O)Nc2ncccc23)cc2cn[nH]c12. The summed E-state index contributed by atoms with van der Waals surface area (Å²) in [7, 11) is 0. The Kier molecular flexibility index (Phi) is 12.5. The Balaban J connectivity index is 0.978. The van der Waals surface area contributed by atoms with E-state index in [9.17, 15) is 19.2 Å². The number of urea groups is 1. The molecule has 0 bridgehead atoms. The van der Waals surface area contributed by atoms with Crippen molar-refractivity contribution in [2.24, 2.45) is 5.92 Å². The average Bonchev–Trinajstić information content (AvgIpc) is 3.74. The van der Waals surface area contributed by atoms with Crippen LogP contribution in [0.3, 0.4) is 0 Å². The molecule has 7 heterocycles. The summed E-state index contributed by atoms with van der Waals surface area (Å²) in [5, 5.41) is 18.0. The maximum absolute atomic E-state index is 14.6. The fourth-order valence-corrected chi connectivity index (χ4v) is 9.35. The number of carbonyl (C=O) groups is 4. The summed E-state index contributed by atoms with van der Waals surface area (Å²) >= 11 is 0. The first-order valence-electron chi connectivity index (χ1n) is 21.9. The number of pyridine rings is 2. The number of hydrogen-bond acceptors (Lipinski definition) is 11. The molecule has 2 atom stereocenters. The van der Waals surface area contributed by atoms with Gasteiger partial charge in [0.15, 0.2) is 0 Å². The summed E-state index contributed by atoms with van der Waals surface area (Å²) in [6.07, 6.45) is 9.66. The Labute approximate surface area is 362 Å². The minimum atomic E-state index is -0.860. The maximum atomic E-state index is 14.6. The fraction of sp³-hybridized carbons (Fsp3) is 0.533. The van der Waals surface area contributed by atoms with E-state index in [-0.39, 0.29) is 30.0 Å². The topological polar surface area (TPSA) is 190 Å². The van der Waals surface area contributed by atoms with E-state index in [4.69, 9.17) is 9.47 Å². The van der Waals surface area contributed by atoms with E-state index in [2.05, 4.69) is 53.1 Å². The number of benzene rings is 1. The number of fused-ring (bicyclic) bond motifs is 3. The van der Waals surface area contributed by atoms with Crippen LogP contribution in [0.1, 0.15) is 69.6 Å². The quantitative estimate of drug-likeness (QED) is 0.165. The van der Waals surface area contributed by atoms with Gasteiger partial charge in [0.1, 0.15) is 17.0 Å². The normalized spacial score (nSPS) is 19.1. The van der Waals surface area contributed by atoms with E-state index in [1.807, 2.05) is 56.9 Å². The minimum absolute atomic E-state index is 0.0438. The molecule has 8 rings (SSSR count). The summed E-state index contributed by atoms with van der Waals surface area (Å²) < 4.78 is 11.6. The lowest BCUT2D eigenvalue weighted by molar-refractivity contribution is -0.134. The highest BCUT2D eigenvalue weighted by molar-refractivity contribution is 5.87. The van der Waals surface area contributed by atoms with E-state index < -0.39 is 23.3 Å². The van der Waals surface area contributed by atoms with Gasteiger partial charge in [0.25, 0.3) is 0 Å². The Morgan fingerprint density at radius 1 is 0.952 bits per heavy atom. The lowest BCUT2D eigenvalue weighted by atomic mass is 9.83. The van der Waals surface area contributed by atoms with Crippen molar-refractivity contribution in [1.82, 2.24) is 45.5 Å². The molecule has 4 N–H and O–H groups in total. The lowest BCUT2D eigenvalue weighted by Gasteiger charge is -2.43. The first kappa shape index (κ1) is 42.7. The van der Waals surface area contributed by atoms with Gasteiger partial charge in [-0.05, 0) is 101 Å². The predicted octanol–water partition coefficient (Wildman–Crippen LogP) is 5.18. The molecule has 0 unspecified atom stereocenters. The lowest BCUT2D eigenvalue weighted by Crippen LogP contribution is -2.58. The molecule has 3 fully saturated rings. The molecule has 0 saturated carbocycles. The Bertz CT molecular complexity index is 2220. The van der Waals surface area contributed by atoms with Crippen molar-refractivity contribution in [3.05, 3.63) is 77.9 Å². The number of rotatable bonds is 10. The standard InChI is InChI=1S/C45H59N11O6/c1-30-24-32(25-33-28-49-52-38(30)33)26-34(50-41(58)55-18-11-45(12-19-55)36-6-5-13-47-39(36)51-42(59)61-45)29-48-37(27-31-9-16-56(17-10-31)43(60)62-44(2,3)4)40(57)54-22-20-53(21-23-54)35-7-14-46-15-8-35/h5-8,13-15,24-25,28,31,34,37,48H,9-12,16-23,26-27,29H2,1-4H3,(H,49,52)(H,50,58)(H,47,51,59)/t34-,37+/m1/s1. The van der Waals surface area contributed by atoms with Crippen LogP contribution >= 0.6 is 0 Å². The summed E-state index contributed by atoms with van der Waals surface area (Å²) in [5.74, 6) is 0.742. The number of nitrogens with zero attached hydrogens (tertiary/aromatic N) is 7. The van der Waals surface area contributed by atoms with Gasteiger partial charge in [0.05, 0.1) is 17.8 Å². The molecule has 1 spiro atoms. The van der Waals surface area contributed by atoms with E-state index in [0.717, 1.165) is 46.1 Å². The Hall–Kier alpha value is -5.97. The van der Waals surface area contributed by atoms with Gasteiger partial charge in [-0.25, -0.2) is 19.4 Å². The number of nitrogens with one attached hydrogen (secondary N) is 4. The molecule has 0 radical (unpaired) electrons. The second kappa shape index (κ2) is 18.2. The highest BCUT2D eigenvalue weighted by Gasteiger charge is 2.46. The molecule has 1 aromatic carbocycles. The largest absolute Gasteiger partial charge is 0.444 e. The first-order valence-corrected chi connectivity index (χ1v) is 21.9. The van der Waals surface area contributed by atoms with Crippen LogP contribution in [0.15, 0.2) is 61.2 Å². The predicted molar refractivity (Wildman–Crippen MR) is 234 cm³/mol. The van der Waals surface area contributed by atoms with Gasteiger partial charge in [-0.3, -0.25) is 20.2 Å². The highest BCUT2D eigenvalue weighted by atomic mass is 16.6. The first-order chi connectivity index (χ1) is 29.8. The van der Waals surface area contributed by atoms with Crippen molar-refractivity contribution in [2.75, 3.05) is 69.1 Å². The van der Waals surface area contributed by atoms with Gasteiger partial charge in [0.2, 0.25) is 5.91 Å². The van der Waals surface area contributed by atoms with Crippen molar-refractivity contribution < 1.29 is 28.7 Å². The number of aryl methyl sites for hydroxylation is 1. The number of ether oxygens (including phenoxy) is 2. The van der Waals surface area contributed by atoms with Crippen molar-refractivity contribution in [3.63, 3.8) is 0 Å². The van der Waals surface area contributed by atoms with Gasteiger partial charge >= 0.3 is 18.2 Å². The number of anilines is 2. The smallest absolute Gasteiger partial charge is 0.413 e. The number of likely N-dealkylation sites (tertiary alicyclic amines) is 2. The van der Waals surface area contributed by atoms with Crippen LogP contribution in [0.5, 0.6) is 0 Å². The molecule has 5 amide bonds. The molecule has 3 saturated heterocycles. The third-order valence-electron chi connectivity index (χ3n) is 12.6. The molecule has 3 aromatic heterocycles. The van der Waals surface area contributed by atoms with Crippen LogP contribution in [0, 0.1) is 12.8 Å². The van der Waals surface area contributed by atoms with Crippen LogP contribution in [0.2, 0.25) is 0 Å².